The average molecular weight is 172 g/mol. The summed E-state index contributed by atoms with van der Waals surface area (Å²) in [5.41, 5.74) is -0.715. The van der Waals surface area contributed by atoms with Gasteiger partial charge < -0.3 is 0 Å². The van der Waals surface area contributed by atoms with Gasteiger partial charge in [0.2, 0.25) is 0 Å². The Morgan fingerprint density at radius 1 is 1.36 bits per heavy atom. The van der Waals surface area contributed by atoms with Crippen LogP contribution in [0, 0.1) is 0 Å². The quantitative estimate of drug-likeness (QED) is 0.368. The molecule has 1 unspecified atom stereocenters. The van der Waals surface area contributed by atoms with E-state index >= 15 is 0 Å². The van der Waals surface area contributed by atoms with E-state index in [1.807, 2.05) is 0 Å². The zero-order valence-corrected chi connectivity index (χ0v) is 5.58. The van der Waals surface area contributed by atoms with Crippen LogP contribution in [0.5, 0.6) is 0 Å². The Labute approximate surface area is 60.7 Å². The number of hydrazine groups is 1. The third kappa shape index (κ3) is 1.62. The Kier molecular flexibility index (Phi) is 1.84. The second kappa shape index (κ2) is 2.31. The van der Waals surface area contributed by atoms with Gasteiger partial charge in [-0.15, -0.1) is 0 Å². The highest BCUT2D eigenvalue weighted by molar-refractivity contribution is 5.06. The maximum absolute atomic E-state index is 12.8. The van der Waals surface area contributed by atoms with Gasteiger partial charge in [0.1, 0.15) is 5.67 Å². The van der Waals surface area contributed by atoms with E-state index in [9.17, 15) is 17.6 Å². The Bertz CT molecular complexity index is 146. The molecule has 0 aromatic carbocycles. The van der Waals surface area contributed by atoms with Crippen LogP contribution in [-0.2, 0) is 0 Å². The molecule has 11 heavy (non-hydrogen) atoms. The first-order valence-electron chi connectivity index (χ1n) is 3.12. The van der Waals surface area contributed by atoms with Gasteiger partial charge in [0, 0.05) is 0 Å². The van der Waals surface area contributed by atoms with Crippen molar-refractivity contribution in [3.8, 4) is 0 Å². The zero-order valence-electron chi connectivity index (χ0n) is 5.58. The Morgan fingerprint density at radius 2 is 1.82 bits per heavy atom. The molecule has 0 saturated heterocycles. The summed E-state index contributed by atoms with van der Waals surface area (Å²) in [4.78, 5) is 0. The van der Waals surface area contributed by atoms with E-state index < -0.39 is 17.9 Å². The van der Waals surface area contributed by atoms with Gasteiger partial charge in [-0.25, -0.2) is 9.82 Å². The second-order valence-electron chi connectivity index (χ2n) is 2.68. The molecule has 0 bridgehead atoms. The maximum atomic E-state index is 12.8. The monoisotopic (exact) mass is 172 g/mol. The van der Waals surface area contributed by atoms with Crippen LogP contribution in [0.2, 0.25) is 0 Å². The van der Waals surface area contributed by atoms with Crippen LogP contribution in [0.25, 0.3) is 0 Å². The maximum Gasteiger partial charge on any atom is 0.408 e. The highest BCUT2D eigenvalue weighted by Gasteiger charge is 2.60. The first kappa shape index (κ1) is 8.73. The lowest BCUT2D eigenvalue weighted by Gasteiger charge is -2.21. The molecular weight excluding hydrogens is 164 g/mol. The molecule has 0 aromatic rings. The summed E-state index contributed by atoms with van der Waals surface area (Å²) in [5.74, 6) is 4.58. The van der Waals surface area contributed by atoms with E-state index in [1.165, 1.54) is 5.43 Å². The van der Waals surface area contributed by atoms with E-state index in [4.69, 9.17) is 0 Å². The molecule has 0 aliphatic heterocycles. The summed E-state index contributed by atoms with van der Waals surface area (Å²) in [7, 11) is 0. The molecule has 0 heterocycles. The van der Waals surface area contributed by atoms with Crippen LogP contribution in [-0.4, -0.2) is 17.9 Å². The van der Waals surface area contributed by atoms with E-state index in [0.29, 0.717) is 0 Å². The minimum absolute atomic E-state index is 0.0681. The summed E-state index contributed by atoms with van der Waals surface area (Å²) < 4.78 is 48.4. The summed E-state index contributed by atoms with van der Waals surface area (Å²) >= 11 is 0. The van der Waals surface area contributed by atoms with E-state index in [0.717, 1.165) is 0 Å². The molecule has 6 heteroatoms. The molecule has 0 amide bonds. The largest absolute Gasteiger partial charge is 0.408 e. The Hall–Kier alpha value is -0.360. The van der Waals surface area contributed by atoms with E-state index in [-0.39, 0.29) is 12.8 Å². The van der Waals surface area contributed by atoms with Crippen molar-refractivity contribution in [3.63, 3.8) is 0 Å². The molecule has 1 atom stereocenters. The van der Waals surface area contributed by atoms with Crippen molar-refractivity contribution in [1.82, 2.24) is 5.43 Å². The van der Waals surface area contributed by atoms with Gasteiger partial charge in [-0.3, -0.25) is 5.84 Å². The third-order valence-corrected chi connectivity index (χ3v) is 1.74. The highest BCUT2D eigenvalue weighted by atomic mass is 19.4. The van der Waals surface area contributed by atoms with Crippen molar-refractivity contribution in [1.29, 1.82) is 0 Å². The number of halogens is 4. The standard InChI is InChI=1S/C5H8F4N2/c6-4(1-2-4)3(11-10)5(7,8)9/h3,11H,1-2,10H2. The van der Waals surface area contributed by atoms with Crippen molar-refractivity contribution in [2.75, 3.05) is 0 Å². The molecule has 0 aromatic heterocycles. The second-order valence-corrected chi connectivity index (χ2v) is 2.68. The van der Waals surface area contributed by atoms with Crippen molar-refractivity contribution < 1.29 is 17.6 Å². The van der Waals surface area contributed by atoms with Gasteiger partial charge in [-0.2, -0.15) is 13.2 Å². The summed E-state index contributed by atoms with van der Waals surface area (Å²) in [6.07, 6.45) is -4.73. The highest BCUT2D eigenvalue weighted by Crippen LogP contribution is 2.47. The lowest BCUT2D eigenvalue weighted by molar-refractivity contribution is -0.173. The molecule has 1 rings (SSSR count). The van der Waals surface area contributed by atoms with Crippen LogP contribution in [0.4, 0.5) is 17.6 Å². The van der Waals surface area contributed by atoms with Gasteiger partial charge in [0.05, 0.1) is 0 Å². The predicted molar refractivity (Wildman–Crippen MR) is 30.2 cm³/mol. The number of nitrogens with two attached hydrogens (primary N) is 1. The molecular formula is C5H8F4N2. The minimum Gasteiger partial charge on any atom is -0.271 e. The van der Waals surface area contributed by atoms with Crippen LogP contribution < -0.4 is 11.3 Å². The Morgan fingerprint density at radius 3 is 1.91 bits per heavy atom. The van der Waals surface area contributed by atoms with E-state index in [1.54, 1.807) is 0 Å². The van der Waals surface area contributed by atoms with Gasteiger partial charge in [-0.05, 0) is 12.8 Å². The molecule has 0 radical (unpaired) electrons. The third-order valence-electron chi connectivity index (χ3n) is 1.74. The van der Waals surface area contributed by atoms with Crippen LogP contribution in [0.3, 0.4) is 0 Å². The lowest BCUT2D eigenvalue weighted by Crippen LogP contribution is -2.53. The lowest BCUT2D eigenvalue weighted by atomic mass is 10.1. The molecule has 1 fully saturated rings. The molecule has 0 spiro atoms. The van der Waals surface area contributed by atoms with Crippen LogP contribution >= 0.6 is 0 Å². The molecule has 66 valence electrons. The number of nitrogens with one attached hydrogen (secondary N) is 1. The topological polar surface area (TPSA) is 38.0 Å². The smallest absolute Gasteiger partial charge is 0.271 e. The minimum atomic E-state index is -4.60. The van der Waals surface area contributed by atoms with E-state index in [2.05, 4.69) is 5.84 Å². The first-order chi connectivity index (χ1) is 4.90. The fourth-order valence-electron chi connectivity index (χ4n) is 0.945. The van der Waals surface area contributed by atoms with Gasteiger partial charge in [0.15, 0.2) is 6.04 Å². The average Bonchev–Trinajstić information content (AvgIpc) is 2.45. The number of hydrogen-bond donors (Lipinski definition) is 2. The van der Waals surface area contributed by atoms with Crippen molar-refractivity contribution >= 4 is 0 Å². The fourth-order valence-corrected chi connectivity index (χ4v) is 0.945. The molecule has 1 saturated carbocycles. The summed E-state index contributed by atoms with van der Waals surface area (Å²) in [6, 6.07) is -2.21. The normalized spacial score (nSPS) is 24.8. The molecule has 3 N–H and O–H groups in total. The molecule has 1 aliphatic rings. The SMILES string of the molecule is NNC(C(F)(F)F)C1(F)CC1. The van der Waals surface area contributed by atoms with Gasteiger partial charge in [0.25, 0.3) is 0 Å². The van der Waals surface area contributed by atoms with Crippen molar-refractivity contribution in [2.24, 2.45) is 5.84 Å². The Balaban J connectivity index is 2.64. The summed E-state index contributed by atoms with van der Waals surface area (Å²) in [6.45, 7) is 0. The summed E-state index contributed by atoms with van der Waals surface area (Å²) in [5, 5.41) is 0. The van der Waals surface area contributed by atoms with Gasteiger partial charge in [-0.1, -0.05) is 0 Å². The number of alkyl halides is 4. The van der Waals surface area contributed by atoms with Gasteiger partial charge >= 0.3 is 6.18 Å². The first-order valence-corrected chi connectivity index (χ1v) is 3.12. The van der Waals surface area contributed by atoms with Crippen LogP contribution in [0.1, 0.15) is 12.8 Å². The molecule has 1 aliphatic carbocycles. The zero-order chi connectivity index (χ0) is 8.70. The van der Waals surface area contributed by atoms with Crippen molar-refractivity contribution in [2.45, 2.75) is 30.7 Å². The number of rotatable bonds is 2. The number of hydrogen-bond acceptors (Lipinski definition) is 2. The fraction of sp³-hybridized carbons (Fsp3) is 1.00. The molecule has 2 nitrogen and oxygen atoms in total. The predicted octanol–water partition coefficient (Wildman–Crippen LogP) is 0.883. The van der Waals surface area contributed by atoms with Crippen LogP contribution in [0.15, 0.2) is 0 Å². The van der Waals surface area contributed by atoms with Crippen molar-refractivity contribution in [3.05, 3.63) is 0 Å².